The zero-order valence-corrected chi connectivity index (χ0v) is 11.2. The Balaban J connectivity index is 2.10. The summed E-state index contributed by atoms with van der Waals surface area (Å²) in [5.74, 6) is -0.320. The highest BCUT2D eigenvalue weighted by Crippen LogP contribution is 2.31. The maximum absolute atomic E-state index is 10.6. The SMILES string of the molecule is NC(=O)CCCOc1c(O)ccc2c1[B]OC2C[N+](=O)[O-]. The number of rotatable bonds is 7. The summed E-state index contributed by atoms with van der Waals surface area (Å²) in [5.41, 5.74) is 6.10. The number of nitro groups is 1. The largest absolute Gasteiger partial charge is 0.504 e. The number of benzene rings is 1. The highest BCUT2D eigenvalue weighted by Gasteiger charge is 2.32. The summed E-state index contributed by atoms with van der Waals surface area (Å²) >= 11 is 0. The Morgan fingerprint density at radius 1 is 1.57 bits per heavy atom. The molecule has 0 aromatic heterocycles. The summed E-state index contributed by atoms with van der Waals surface area (Å²) < 4.78 is 10.7. The van der Waals surface area contributed by atoms with Crippen LogP contribution in [0.1, 0.15) is 24.5 Å². The Bertz CT molecular complexity index is 565. The minimum Gasteiger partial charge on any atom is -0.504 e. The molecule has 0 aliphatic carbocycles. The lowest BCUT2D eigenvalue weighted by atomic mass is 9.85. The molecule has 0 bridgehead atoms. The Morgan fingerprint density at radius 2 is 2.33 bits per heavy atom. The maximum Gasteiger partial charge on any atom is 0.335 e. The monoisotopic (exact) mass is 293 g/mol. The fraction of sp³-hybridized carbons (Fsp3) is 0.417. The van der Waals surface area contributed by atoms with E-state index >= 15 is 0 Å². The lowest BCUT2D eigenvalue weighted by Crippen LogP contribution is -2.18. The zero-order valence-electron chi connectivity index (χ0n) is 11.2. The second-order valence-electron chi connectivity index (χ2n) is 4.59. The van der Waals surface area contributed by atoms with Crippen LogP contribution in [0.15, 0.2) is 12.1 Å². The van der Waals surface area contributed by atoms with Gasteiger partial charge in [-0.05, 0) is 23.5 Å². The third-order valence-electron chi connectivity index (χ3n) is 3.03. The summed E-state index contributed by atoms with van der Waals surface area (Å²) in [6.45, 7) is -0.171. The molecule has 21 heavy (non-hydrogen) atoms. The smallest absolute Gasteiger partial charge is 0.335 e. The normalized spacial score (nSPS) is 16.1. The first kappa shape index (κ1) is 15.1. The van der Waals surface area contributed by atoms with Crippen molar-refractivity contribution < 1.29 is 24.2 Å². The van der Waals surface area contributed by atoms with Crippen LogP contribution in [-0.2, 0) is 9.45 Å². The van der Waals surface area contributed by atoms with E-state index in [9.17, 15) is 20.0 Å². The molecule has 8 nitrogen and oxygen atoms in total. The van der Waals surface area contributed by atoms with E-state index in [1.165, 1.54) is 13.5 Å². The third kappa shape index (κ3) is 3.63. The summed E-state index contributed by atoms with van der Waals surface area (Å²) in [6.07, 6.45) is -0.0963. The van der Waals surface area contributed by atoms with Gasteiger partial charge in [0.05, 0.1) is 6.61 Å². The molecule has 1 aliphatic heterocycles. The number of carbonyl (C=O) groups excluding carboxylic acids is 1. The molecule has 1 atom stereocenters. The van der Waals surface area contributed by atoms with Crippen molar-refractivity contribution in [3.8, 4) is 11.5 Å². The van der Waals surface area contributed by atoms with Crippen molar-refractivity contribution in [3.05, 3.63) is 27.8 Å². The number of primary amides is 1. The van der Waals surface area contributed by atoms with Crippen LogP contribution in [0.5, 0.6) is 11.5 Å². The molecule has 111 valence electrons. The highest BCUT2D eigenvalue weighted by atomic mass is 16.6. The van der Waals surface area contributed by atoms with Gasteiger partial charge in [-0.3, -0.25) is 14.9 Å². The van der Waals surface area contributed by atoms with Gasteiger partial charge in [0, 0.05) is 11.3 Å². The zero-order chi connectivity index (χ0) is 15.4. The summed E-state index contributed by atoms with van der Waals surface area (Å²) in [4.78, 5) is 20.8. The van der Waals surface area contributed by atoms with Gasteiger partial charge < -0.3 is 20.2 Å². The Labute approximate surface area is 121 Å². The number of phenols is 1. The van der Waals surface area contributed by atoms with E-state index in [1.54, 1.807) is 6.07 Å². The summed E-state index contributed by atoms with van der Waals surface area (Å²) in [5, 5.41) is 20.4. The first-order chi connectivity index (χ1) is 9.99. The van der Waals surface area contributed by atoms with Crippen LogP contribution in [0.3, 0.4) is 0 Å². The van der Waals surface area contributed by atoms with Crippen molar-refractivity contribution in [1.29, 1.82) is 0 Å². The minimum atomic E-state index is -0.691. The molecule has 9 heteroatoms. The quantitative estimate of drug-likeness (QED) is 0.306. The van der Waals surface area contributed by atoms with Crippen molar-refractivity contribution in [1.82, 2.24) is 0 Å². The number of phenolic OH excluding ortho intramolecular Hbond substituents is 1. The van der Waals surface area contributed by atoms with E-state index in [0.717, 1.165) is 0 Å². The van der Waals surface area contributed by atoms with Gasteiger partial charge in [0.1, 0.15) is 6.10 Å². The van der Waals surface area contributed by atoms with Gasteiger partial charge in [-0.2, -0.15) is 0 Å². The molecule has 1 amide bonds. The van der Waals surface area contributed by atoms with E-state index in [1.807, 2.05) is 0 Å². The van der Waals surface area contributed by atoms with Crippen LogP contribution < -0.4 is 15.9 Å². The van der Waals surface area contributed by atoms with Crippen LogP contribution in [0.2, 0.25) is 0 Å². The molecule has 1 unspecified atom stereocenters. The molecule has 1 aromatic carbocycles. The molecular formula is C12H14BN2O6. The second-order valence-corrected chi connectivity index (χ2v) is 4.59. The Morgan fingerprint density at radius 3 is 3.00 bits per heavy atom. The van der Waals surface area contributed by atoms with Gasteiger partial charge in [0.2, 0.25) is 12.5 Å². The van der Waals surface area contributed by atoms with E-state index in [2.05, 4.69) is 0 Å². The average molecular weight is 293 g/mol. The number of fused-ring (bicyclic) bond motifs is 1. The van der Waals surface area contributed by atoms with Crippen molar-refractivity contribution in [2.24, 2.45) is 5.73 Å². The molecule has 0 fully saturated rings. The molecule has 3 N–H and O–H groups in total. The minimum absolute atomic E-state index is 0.0885. The van der Waals surface area contributed by atoms with Gasteiger partial charge in [0.15, 0.2) is 11.5 Å². The average Bonchev–Trinajstić information content (AvgIpc) is 2.79. The number of carbonyl (C=O) groups is 1. The number of aromatic hydroxyl groups is 1. The van der Waals surface area contributed by atoms with Crippen molar-refractivity contribution in [3.63, 3.8) is 0 Å². The van der Waals surface area contributed by atoms with E-state index in [-0.39, 0.29) is 31.1 Å². The second kappa shape index (κ2) is 6.44. The lowest BCUT2D eigenvalue weighted by Gasteiger charge is -2.12. The first-order valence-electron chi connectivity index (χ1n) is 6.36. The number of ether oxygens (including phenoxy) is 1. The van der Waals surface area contributed by atoms with E-state index in [0.29, 0.717) is 17.4 Å². The highest BCUT2D eigenvalue weighted by molar-refractivity contribution is 6.50. The predicted molar refractivity (Wildman–Crippen MR) is 73.1 cm³/mol. The van der Waals surface area contributed by atoms with Crippen molar-refractivity contribution >= 4 is 18.9 Å². The third-order valence-corrected chi connectivity index (χ3v) is 3.03. The van der Waals surface area contributed by atoms with Crippen LogP contribution in [0, 0.1) is 10.1 Å². The molecule has 0 saturated carbocycles. The van der Waals surface area contributed by atoms with E-state index < -0.39 is 16.9 Å². The molecular weight excluding hydrogens is 279 g/mol. The van der Waals surface area contributed by atoms with Gasteiger partial charge >= 0.3 is 7.48 Å². The Hall–Kier alpha value is -2.29. The maximum atomic E-state index is 10.6. The number of hydrogen-bond donors (Lipinski definition) is 2. The molecule has 2 rings (SSSR count). The van der Waals surface area contributed by atoms with Gasteiger partial charge in [-0.25, -0.2) is 0 Å². The van der Waals surface area contributed by atoms with Crippen LogP contribution >= 0.6 is 0 Å². The fourth-order valence-corrected chi connectivity index (χ4v) is 2.08. The van der Waals surface area contributed by atoms with Crippen molar-refractivity contribution in [2.45, 2.75) is 18.9 Å². The summed E-state index contributed by atoms with van der Waals surface area (Å²) in [6, 6.07) is 2.97. The molecule has 1 aliphatic rings. The standard InChI is InChI=1S/C12H14BN2O6/c14-10(17)2-1-5-20-12-8(16)4-3-7-9(6-15(18)19)21-13-11(7)12/h3-4,9,16H,1-2,5-6H2,(H2,14,17). The Kier molecular flexibility index (Phi) is 4.64. The van der Waals surface area contributed by atoms with Gasteiger partial charge in [-0.15, -0.1) is 0 Å². The van der Waals surface area contributed by atoms with Crippen LogP contribution in [-0.4, -0.2) is 36.6 Å². The molecule has 0 spiro atoms. The van der Waals surface area contributed by atoms with Crippen LogP contribution in [0.4, 0.5) is 0 Å². The van der Waals surface area contributed by atoms with Crippen LogP contribution in [0.25, 0.3) is 0 Å². The fourth-order valence-electron chi connectivity index (χ4n) is 2.08. The first-order valence-corrected chi connectivity index (χ1v) is 6.36. The van der Waals surface area contributed by atoms with Gasteiger partial charge in [0.25, 0.3) is 0 Å². The molecule has 1 aromatic rings. The number of hydrogen-bond acceptors (Lipinski definition) is 6. The molecule has 1 heterocycles. The van der Waals surface area contributed by atoms with E-state index in [4.69, 9.17) is 15.1 Å². The number of nitrogens with zero attached hydrogens (tertiary/aromatic N) is 1. The topological polar surface area (TPSA) is 125 Å². The number of nitrogens with two attached hydrogens (primary N) is 1. The summed E-state index contributed by atoms with van der Waals surface area (Å²) in [7, 11) is 1.34. The molecule has 1 radical (unpaired) electrons. The lowest BCUT2D eigenvalue weighted by molar-refractivity contribution is -0.489. The number of amides is 1. The molecule has 0 saturated heterocycles. The van der Waals surface area contributed by atoms with Crippen molar-refractivity contribution in [2.75, 3.05) is 13.2 Å². The predicted octanol–water partition coefficient (Wildman–Crippen LogP) is -0.371. The van der Waals surface area contributed by atoms with Gasteiger partial charge in [-0.1, -0.05) is 6.07 Å².